The predicted molar refractivity (Wildman–Crippen MR) is 166 cm³/mol. The molecule has 12 nitrogen and oxygen atoms in total. The van der Waals surface area contributed by atoms with Crippen LogP contribution in [-0.4, -0.2) is 55.1 Å². The normalized spacial score (nSPS) is 14.3. The van der Waals surface area contributed by atoms with E-state index in [1.807, 2.05) is 55.5 Å². The van der Waals surface area contributed by atoms with Crippen LogP contribution in [0.25, 0.3) is 0 Å². The monoisotopic (exact) mass is 613 g/mol. The van der Waals surface area contributed by atoms with Gasteiger partial charge >= 0.3 is 0 Å². The first-order valence-electron chi connectivity index (χ1n) is 13.8. The van der Waals surface area contributed by atoms with Crippen LogP contribution < -0.4 is 10.1 Å². The first kappa shape index (κ1) is 30.4. The van der Waals surface area contributed by atoms with Crippen molar-refractivity contribution in [3.05, 3.63) is 110 Å². The van der Waals surface area contributed by atoms with E-state index in [1.165, 1.54) is 36.9 Å². The zero-order chi connectivity index (χ0) is 31.4. The largest absolute Gasteiger partial charge is 0.497 e. The number of nitro groups is 1. The molecule has 13 heteroatoms. The van der Waals surface area contributed by atoms with E-state index in [0.29, 0.717) is 17.4 Å². The van der Waals surface area contributed by atoms with Gasteiger partial charge in [0.15, 0.2) is 11.0 Å². The zero-order valence-corrected chi connectivity index (χ0v) is 25.5. The molecule has 1 aliphatic rings. The van der Waals surface area contributed by atoms with Gasteiger partial charge in [0, 0.05) is 30.7 Å². The molecule has 0 saturated carbocycles. The minimum atomic E-state index is -0.518. The van der Waals surface area contributed by atoms with Crippen LogP contribution in [-0.2, 0) is 18.4 Å². The van der Waals surface area contributed by atoms with Gasteiger partial charge in [-0.1, -0.05) is 47.7 Å². The van der Waals surface area contributed by atoms with E-state index in [0.717, 1.165) is 28.2 Å². The quantitative estimate of drug-likeness (QED) is 0.153. The van der Waals surface area contributed by atoms with Gasteiger partial charge in [-0.25, -0.2) is 5.01 Å². The van der Waals surface area contributed by atoms with Gasteiger partial charge in [0.25, 0.3) is 17.5 Å². The molecule has 1 aliphatic heterocycles. The maximum Gasteiger partial charge on any atom is 0.273 e. The maximum atomic E-state index is 13.6. The van der Waals surface area contributed by atoms with Gasteiger partial charge in [0.1, 0.15) is 5.75 Å². The fraction of sp³-hybridized carbons (Fsp3) is 0.258. The average Bonchev–Trinajstić information content (AvgIpc) is 3.63. The second-order valence-corrected chi connectivity index (χ2v) is 11.2. The molecule has 3 aromatic carbocycles. The SMILES string of the molecule is COc1ccc(C2=NN(C(=O)CSc3nnc(CNC(=O)c4cccc([N+](=O)[O-])c4C)n3C)C(c3ccc(C)cc3)C2)cc1. The number of nitrogens with one attached hydrogen (secondary N) is 1. The third kappa shape index (κ3) is 6.47. The fourth-order valence-electron chi connectivity index (χ4n) is 4.89. The number of hydrazone groups is 1. The molecule has 4 aromatic rings. The van der Waals surface area contributed by atoms with Crippen molar-refractivity contribution in [2.45, 2.75) is 38.0 Å². The van der Waals surface area contributed by atoms with E-state index >= 15 is 0 Å². The standard InChI is InChI=1S/C31H31N7O5S/c1-19-8-10-22(11-9-19)27-16-25(21-12-14-23(43-4)15-13-21)35-37(27)29(39)18-44-31-34-33-28(36(31)3)17-32-30(40)24-6-5-7-26(20(24)2)38(41)42/h5-15,27H,16-18H2,1-4H3,(H,32,40). The Balaban J connectivity index is 1.27. The molecule has 1 aromatic heterocycles. The number of carbonyl (C=O) groups is 2. The van der Waals surface area contributed by atoms with Crippen molar-refractivity contribution in [2.75, 3.05) is 12.9 Å². The van der Waals surface area contributed by atoms with E-state index in [1.54, 1.807) is 23.7 Å². The highest BCUT2D eigenvalue weighted by Crippen LogP contribution is 2.34. The van der Waals surface area contributed by atoms with Crippen LogP contribution in [0.3, 0.4) is 0 Å². The number of aromatic nitrogens is 3. The van der Waals surface area contributed by atoms with Crippen molar-refractivity contribution >= 4 is 35.0 Å². The van der Waals surface area contributed by atoms with Gasteiger partial charge < -0.3 is 14.6 Å². The number of thioether (sulfide) groups is 1. The minimum Gasteiger partial charge on any atom is -0.497 e. The Morgan fingerprint density at radius 1 is 1.07 bits per heavy atom. The van der Waals surface area contributed by atoms with Gasteiger partial charge in [0.2, 0.25) is 0 Å². The summed E-state index contributed by atoms with van der Waals surface area (Å²) in [5, 5.41) is 29.2. The van der Waals surface area contributed by atoms with Gasteiger partial charge in [0.05, 0.1) is 36.1 Å². The fourth-order valence-corrected chi connectivity index (χ4v) is 5.67. The summed E-state index contributed by atoms with van der Waals surface area (Å²) in [5.41, 5.74) is 4.24. The summed E-state index contributed by atoms with van der Waals surface area (Å²) in [7, 11) is 3.36. The van der Waals surface area contributed by atoms with Gasteiger partial charge in [-0.3, -0.25) is 19.7 Å². The number of nitrogens with zero attached hydrogens (tertiary/aromatic N) is 6. The van der Waals surface area contributed by atoms with Crippen LogP contribution in [0.5, 0.6) is 5.75 Å². The number of aryl methyl sites for hydroxylation is 1. The van der Waals surface area contributed by atoms with Crippen molar-refractivity contribution in [1.82, 2.24) is 25.1 Å². The number of ether oxygens (including phenoxy) is 1. The van der Waals surface area contributed by atoms with Crippen molar-refractivity contribution in [1.29, 1.82) is 0 Å². The lowest BCUT2D eigenvalue weighted by Crippen LogP contribution is -2.28. The van der Waals surface area contributed by atoms with E-state index in [-0.39, 0.29) is 41.1 Å². The van der Waals surface area contributed by atoms with Crippen molar-refractivity contribution < 1.29 is 19.2 Å². The molecular formula is C31H31N7O5S. The summed E-state index contributed by atoms with van der Waals surface area (Å²) < 4.78 is 6.98. The zero-order valence-electron chi connectivity index (χ0n) is 24.7. The Morgan fingerprint density at radius 2 is 1.80 bits per heavy atom. The van der Waals surface area contributed by atoms with Crippen LogP contribution in [0.4, 0.5) is 5.69 Å². The highest BCUT2D eigenvalue weighted by Gasteiger charge is 2.33. The molecule has 0 saturated heterocycles. The second-order valence-electron chi connectivity index (χ2n) is 10.3. The number of nitro benzene ring substituents is 1. The molecule has 226 valence electrons. The Kier molecular flexibility index (Phi) is 9.04. The minimum absolute atomic E-state index is 0.0517. The third-order valence-electron chi connectivity index (χ3n) is 7.45. The Morgan fingerprint density at radius 3 is 2.48 bits per heavy atom. The van der Waals surface area contributed by atoms with Gasteiger partial charge in [-0.2, -0.15) is 5.10 Å². The van der Waals surface area contributed by atoms with Crippen molar-refractivity contribution in [2.24, 2.45) is 12.1 Å². The Hall–Kier alpha value is -5.04. The van der Waals surface area contributed by atoms with Crippen LogP contribution in [0, 0.1) is 24.0 Å². The highest BCUT2D eigenvalue weighted by atomic mass is 32.2. The van der Waals surface area contributed by atoms with Crippen LogP contribution in [0.1, 0.15) is 50.9 Å². The molecule has 0 radical (unpaired) electrons. The number of carbonyl (C=O) groups excluding carboxylic acids is 2. The Bertz CT molecular complexity index is 1740. The number of amides is 2. The highest BCUT2D eigenvalue weighted by molar-refractivity contribution is 7.99. The predicted octanol–water partition coefficient (Wildman–Crippen LogP) is 4.75. The lowest BCUT2D eigenvalue weighted by molar-refractivity contribution is -0.385. The van der Waals surface area contributed by atoms with Crippen LogP contribution in [0.15, 0.2) is 77.0 Å². The van der Waals surface area contributed by atoms with Crippen molar-refractivity contribution in [3.8, 4) is 5.75 Å². The van der Waals surface area contributed by atoms with E-state index in [2.05, 4.69) is 15.5 Å². The van der Waals surface area contributed by atoms with E-state index in [9.17, 15) is 19.7 Å². The lowest BCUT2D eigenvalue weighted by Gasteiger charge is -2.22. The molecule has 5 rings (SSSR count). The summed E-state index contributed by atoms with van der Waals surface area (Å²) >= 11 is 1.23. The molecule has 0 aliphatic carbocycles. The molecule has 44 heavy (non-hydrogen) atoms. The molecule has 1 atom stereocenters. The first-order chi connectivity index (χ1) is 21.2. The number of benzene rings is 3. The van der Waals surface area contributed by atoms with Crippen LogP contribution >= 0.6 is 11.8 Å². The molecule has 0 spiro atoms. The summed E-state index contributed by atoms with van der Waals surface area (Å²) in [6, 6.07) is 19.8. The van der Waals surface area contributed by atoms with E-state index in [4.69, 9.17) is 9.84 Å². The molecule has 1 unspecified atom stereocenters. The first-order valence-corrected chi connectivity index (χ1v) is 14.8. The lowest BCUT2D eigenvalue weighted by atomic mass is 9.97. The number of rotatable bonds is 10. The molecular weight excluding hydrogens is 582 g/mol. The molecule has 2 heterocycles. The topological polar surface area (TPSA) is 145 Å². The van der Waals surface area contributed by atoms with Gasteiger partial charge in [-0.05, 0) is 55.3 Å². The summed E-state index contributed by atoms with van der Waals surface area (Å²) in [6.07, 6.45) is 0.573. The van der Waals surface area contributed by atoms with E-state index < -0.39 is 10.8 Å². The molecule has 0 fully saturated rings. The van der Waals surface area contributed by atoms with Gasteiger partial charge in [-0.15, -0.1) is 10.2 Å². The maximum absolute atomic E-state index is 13.6. The number of hydrogen-bond donors (Lipinski definition) is 1. The Labute approximate surface area is 258 Å². The molecule has 1 N–H and O–H groups in total. The molecule has 2 amide bonds. The average molecular weight is 614 g/mol. The number of hydrogen-bond acceptors (Lipinski definition) is 9. The molecule has 0 bridgehead atoms. The number of methoxy groups -OCH3 is 1. The second kappa shape index (κ2) is 13.1. The smallest absolute Gasteiger partial charge is 0.273 e. The summed E-state index contributed by atoms with van der Waals surface area (Å²) in [4.78, 5) is 37.0. The summed E-state index contributed by atoms with van der Waals surface area (Å²) in [6.45, 7) is 3.61. The third-order valence-corrected chi connectivity index (χ3v) is 8.46. The summed E-state index contributed by atoms with van der Waals surface area (Å²) in [5.74, 6) is 0.652. The van der Waals surface area contributed by atoms with Crippen molar-refractivity contribution in [3.63, 3.8) is 0 Å². The van der Waals surface area contributed by atoms with Crippen LogP contribution in [0.2, 0.25) is 0 Å².